The van der Waals surface area contributed by atoms with E-state index < -0.39 is 0 Å². The van der Waals surface area contributed by atoms with Crippen LogP contribution in [0.2, 0.25) is 5.02 Å². The van der Waals surface area contributed by atoms with Crippen LogP contribution in [-0.2, 0) is 11.2 Å². The topological polar surface area (TPSA) is 21.3 Å². The van der Waals surface area contributed by atoms with Gasteiger partial charge in [0.15, 0.2) is 0 Å². The Bertz CT molecular complexity index is 354. The Hall–Kier alpha value is -0.570. The Labute approximate surface area is 122 Å². The summed E-state index contributed by atoms with van der Waals surface area (Å²) in [4.78, 5) is 0. The molecule has 1 atom stereocenters. The minimum Gasteiger partial charge on any atom is -0.381 e. The Kier molecular flexibility index (Phi) is 8.11. The second-order valence-corrected chi connectivity index (χ2v) is 5.78. The van der Waals surface area contributed by atoms with Crippen LogP contribution in [0.5, 0.6) is 0 Å². The number of benzene rings is 1. The van der Waals surface area contributed by atoms with Crippen LogP contribution < -0.4 is 5.32 Å². The zero-order valence-corrected chi connectivity index (χ0v) is 13.0. The lowest BCUT2D eigenvalue weighted by atomic mass is 9.99. The van der Waals surface area contributed by atoms with Crippen molar-refractivity contribution in [2.75, 3.05) is 26.3 Å². The summed E-state index contributed by atoms with van der Waals surface area (Å²) < 4.78 is 5.58. The van der Waals surface area contributed by atoms with Gasteiger partial charge in [-0.25, -0.2) is 0 Å². The van der Waals surface area contributed by atoms with Crippen molar-refractivity contribution in [2.45, 2.75) is 27.2 Å². The molecule has 0 amide bonds. The molecule has 0 fully saturated rings. The largest absolute Gasteiger partial charge is 0.381 e. The molecule has 1 unspecified atom stereocenters. The lowest BCUT2D eigenvalue weighted by Crippen LogP contribution is -2.30. The highest BCUT2D eigenvalue weighted by atomic mass is 35.5. The van der Waals surface area contributed by atoms with E-state index in [4.69, 9.17) is 16.3 Å². The van der Waals surface area contributed by atoms with Crippen molar-refractivity contribution in [3.05, 3.63) is 34.9 Å². The molecule has 1 N–H and O–H groups in total. The van der Waals surface area contributed by atoms with Crippen LogP contribution in [0.1, 0.15) is 26.3 Å². The number of halogens is 1. The number of nitrogens with one attached hydrogen (secondary N) is 1. The molecule has 0 aromatic heterocycles. The predicted octanol–water partition coefficient (Wildman–Crippen LogP) is 3.78. The zero-order chi connectivity index (χ0) is 14.1. The van der Waals surface area contributed by atoms with Crippen LogP contribution in [0.15, 0.2) is 24.3 Å². The van der Waals surface area contributed by atoms with Crippen LogP contribution in [0, 0.1) is 11.8 Å². The van der Waals surface area contributed by atoms with Crippen molar-refractivity contribution >= 4 is 11.6 Å². The minimum atomic E-state index is 0.471. The summed E-state index contributed by atoms with van der Waals surface area (Å²) in [7, 11) is 0. The normalized spacial score (nSPS) is 12.9. The molecule has 0 aliphatic heterocycles. The Morgan fingerprint density at radius 2 is 1.95 bits per heavy atom. The smallest absolute Gasteiger partial charge is 0.0509 e. The fourth-order valence-electron chi connectivity index (χ4n) is 2.03. The van der Waals surface area contributed by atoms with E-state index in [-0.39, 0.29) is 0 Å². The molecule has 0 aliphatic rings. The van der Waals surface area contributed by atoms with Crippen LogP contribution in [0.25, 0.3) is 0 Å². The fraction of sp³-hybridized carbons (Fsp3) is 0.625. The third-order valence-corrected chi connectivity index (χ3v) is 3.38. The van der Waals surface area contributed by atoms with Gasteiger partial charge in [-0.2, -0.15) is 0 Å². The maximum absolute atomic E-state index is 6.23. The molecule has 0 bridgehead atoms. The number of ether oxygens (including phenoxy) is 1. The van der Waals surface area contributed by atoms with Gasteiger partial charge in [-0.3, -0.25) is 0 Å². The third kappa shape index (κ3) is 6.95. The summed E-state index contributed by atoms with van der Waals surface area (Å²) in [6, 6.07) is 8.07. The highest BCUT2D eigenvalue weighted by molar-refractivity contribution is 6.31. The SMILES string of the molecule is CCOCC(CNCC(C)C)Cc1ccccc1Cl. The molecule has 2 nitrogen and oxygen atoms in total. The third-order valence-electron chi connectivity index (χ3n) is 3.01. The van der Waals surface area contributed by atoms with Gasteiger partial charge >= 0.3 is 0 Å². The summed E-state index contributed by atoms with van der Waals surface area (Å²) in [5, 5.41) is 4.36. The predicted molar refractivity (Wildman–Crippen MR) is 82.8 cm³/mol. The lowest BCUT2D eigenvalue weighted by Gasteiger charge is -2.19. The molecule has 1 aromatic rings. The summed E-state index contributed by atoms with van der Waals surface area (Å²) in [5.74, 6) is 1.15. The highest BCUT2D eigenvalue weighted by Gasteiger charge is 2.12. The van der Waals surface area contributed by atoms with Crippen molar-refractivity contribution in [1.29, 1.82) is 0 Å². The molecule has 19 heavy (non-hydrogen) atoms. The number of hydrogen-bond donors (Lipinski definition) is 1. The van der Waals surface area contributed by atoms with E-state index >= 15 is 0 Å². The zero-order valence-electron chi connectivity index (χ0n) is 12.3. The van der Waals surface area contributed by atoms with Crippen LogP contribution in [-0.4, -0.2) is 26.3 Å². The monoisotopic (exact) mass is 283 g/mol. The Morgan fingerprint density at radius 1 is 1.21 bits per heavy atom. The highest BCUT2D eigenvalue weighted by Crippen LogP contribution is 2.19. The molecule has 0 radical (unpaired) electrons. The van der Waals surface area contributed by atoms with Gasteiger partial charge in [0.1, 0.15) is 0 Å². The van der Waals surface area contributed by atoms with Gasteiger partial charge in [0.25, 0.3) is 0 Å². The molecule has 0 saturated heterocycles. The van der Waals surface area contributed by atoms with E-state index in [1.807, 2.05) is 25.1 Å². The van der Waals surface area contributed by atoms with E-state index in [0.717, 1.165) is 37.7 Å². The van der Waals surface area contributed by atoms with Crippen molar-refractivity contribution in [3.8, 4) is 0 Å². The van der Waals surface area contributed by atoms with Crippen molar-refractivity contribution in [3.63, 3.8) is 0 Å². The quantitative estimate of drug-likeness (QED) is 0.745. The van der Waals surface area contributed by atoms with Gasteiger partial charge in [0, 0.05) is 18.2 Å². The first kappa shape index (κ1) is 16.5. The second kappa shape index (κ2) is 9.35. The fourth-order valence-corrected chi connectivity index (χ4v) is 2.24. The van der Waals surface area contributed by atoms with Gasteiger partial charge in [0.05, 0.1) is 6.61 Å². The maximum Gasteiger partial charge on any atom is 0.0509 e. The van der Waals surface area contributed by atoms with Crippen molar-refractivity contribution < 1.29 is 4.74 Å². The first-order valence-electron chi connectivity index (χ1n) is 7.15. The Balaban J connectivity index is 2.51. The van der Waals surface area contributed by atoms with Gasteiger partial charge < -0.3 is 10.1 Å². The first-order valence-corrected chi connectivity index (χ1v) is 7.53. The summed E-state index contributed by atoms with van der Waals surface area (Å²) in [6.45, 7) is 10.1. The average Bonchev–Trinajstić information content (AvgIpc) is 2.37. The molecule has 0 spiro atoms. The van der Waals surface area contributed by atoms with E-state index in [0.29, 0.717) is 11.8 Å². The maximum atomic E-state index is 6.23. The molecule has 0 aliphatic carbocycles. The number of hydrogen-bond acceptors (Lipinski definition) is 2. The molecule has 0 saturated carbocycles. The second-order valence-electron chi connectivity index (χ2n) is 5.37. The summed E-state index contributed by atoms with van der Waals surface area (Å²) >= 11 is 6.23. The van der Waals surface area contributed by atoms with Crippen molar-refractivity contribution in [1.82, 2.24) is 5.32 Å². The number of rotatable bonds is 9. The molecule has 0 heterocycles. The van der Waals surface area contributed by atoms with Crippen LogP contribution in [0.4, 0.5) is 0 Å². The molecular formula is C16H26ClNO. The minimum absolute atomic E-state index is 0.471. The molecule has 3 heteroatoms. The van der Waals surface area contributed by atoms with Gasteiger partial charge in [-0.05, 0) is 43.4 Å². The van der Waals surface area contributed by atoms with E-state index in [1.54, 1.807) is 0 Å². The standard InChI is InChI=1S/C16H26ClNO/c1-4-19-12-14(11-18-10-13(2)3)9-15-7-5-6-8-16(15)17/h5-8,13-14,18H,4,9-12H2,1-3H3. The molecular weight excluding hydrogens is 258 g/mol. The molecule has 1 aromatic carbocycles. The molecule has 1 rings (SSSR count). The molecule has 108 valence electrons. The average molecular weight is 284 g/mol. The first-order chi connectivity index (χ1) is 9.13. The van der Waals surface area contributed by atoms with Gasteiger partial charge in [-0.15, -0.1) is 0 Å². The summed E-state index contributed by atoms with van der Waals surface area (Å²) in [6.07, 6.45) is 0.963. The van der Waals surface area contributed by atoms with Gasteiger partial charge in [-0.1, -0.05) is 43.6 Å². The van der Waals surface area contributed by atoms with Crippen molar-refractivity contribution in [2.24, 2.45) is 11.8 Å². The van der Waals surface area contributed by atoms with E-state index in [1.165, 1.54) is 5.56 Å². The van der Waals surface area contributed by atoms with Crippen LogP contribution >= 0.6 is 11.6 Å². The van der Waals surface area contributed by atoms with E-state index in [9.17, 15) is 0 Å². The van der Waals surface area contributed by atoms with Crippen LogP contribution in [0.3, 0.4) is 0 Å². The summed E-state index contributed by atoms with van der Waals surface area (Å²) in [5.41, 5.74) is 1.21. The lowest BCUT2D eigenvalue weighted by molar-refractivity contribution is 0.109. The Morgan fingerprint density at radius 3 is 2.58 bits per heavy atom. The van der Waals surface area contributed by atoms with E-state index in [2.05, 4.69) is 25.2 Å². The van der Waals surface area contributed by atoms with Gasteiger partial charge in [0.2, 0.25) is 0 Å².